The smallest absolute Gasteiger partial charge is 0.0467 e. The van der Waals surface area contributed by atoms with Crippen molar-refractivity contribution in [3.8, 4) is 0 Å². The molecule has 1 heterocycles. The van der Waals surface area contributed by atoms with Crippen molar-refractivity contribution in [2.75, 3.05) is 39.9 Å². The molecule has 21 heavy (non-hydrogen) atoms. The Morgan fingerprint density at radius 2 is 1.90 bits per heavy atom. The number of nitrogens with one attached hydrogen (secondary N) is 1. The monoisotopic (exact) mass is 296 g/mol. The summed E-state index contributed by atoms with van der Waals surface area (Å²) in [6, 6.07) is 0.728. The van der Waals surface area contributed by atoms with Gasteiger partial charge in [0.05, 0.1) is 0 Å². The van der Waals surface area contributed by atoms with Gasteiger partial charge in [0.2, 0.25) is 0 Å². The molecule has 1 atom stereocenters. The Morgan fingerprint density at radius 1 is 1.14 bits per heavy atom. The van der Waals surface area contributed by atoms with Crippen LogP contribution in [-0.2, 0) is 4.74 Å². The number of ether oxygens (including phenoxy) is 1. The summed E-state index contributed by atoms with van der Waals surface area (Å²) in [4.78, 5) is 2.72. The third kappa shape index (κ3) is 5.88. The second-order valence-corrected chi connectivity index (χ2v) is 7.95. The molecule has 1 N–H and O–H groups in total. The first-order valence-corrected chi connectivity index (χ1v) is 9.05. The molecule has 3 heteroatoms. The second-order valence-electron chi connectivity index (χ2n) is 7.95. The zero-order chi connectivity index (χ0) is 15.1. The average Bonchev–Trinajstić information content (AvgIpc) is 2.71. The maximum Gasteiger partial charge on any atom is 0.0467 e. The summed E-state index contributed by atoms with van der Waals surface area (Å²) in [5.74, 6) is 0.918. The van der Waals surface area contributed by atoms with Crippen LogP contribution < -0.4 is 5.32 Å². The van der Waals surface area contributed by atoms with Crippen LogP contribution in [0.1, 0.15) is 58.8 Å². The SMILES string of the molecule is COCCC(C)(C)CN1CCCNC(C2CCCCC2)C1. The first-order valence-electron chi connectivity index (χ1n) is 9.05. The molecule has 1 aliphatic heterocycles. The number of nitrogens with zero attached hydrogens (tertiary/aromatic N) is 1. The zero-order valence-electron chi connectivity index (χ0n) is 14.5. The van der Waals surface area contributed by atoms with E-state index < -0.39 is 0 Å². The van der Waals surface area contributed by atoms with Crippen molar-refractivity contribution >= 4 is 0 Å². The summed E-state index contributed by atoms with van der Waals surface area (Å²) >= 11 is 0. The highest BCUT2D eigenvalue weighted by Crippen LogP contribution is 2.29. The standard InChI is InChI=1S/C18H36N2O/c1-18(2,10-13-21-3)15-20-12-7-11-19-17(14-20)16-8-5-4-6-9-16/h16-17,19H,4-15H2,1-3H3. The van der Waals surface area contributed by atoms with Crippen molar-refractivity contribution in [1.82, 2.24) is 10.2 Å². The topological polar surface area (TPSA) is 24.5 Å². The molecular weight excluding hydrogens is 260 g/mol. The van der Waals surface area contributed by atoms with Gasteiger partial charge < -0.3 is 15.0 Å². The first kappa shape index (κ1) is 17.2. The second kappa shape index (κ2) is 8.50. The van der Waals surface area contributed by atoms with E-state index in [2.05, 4.69) is 24.1 Å². The summed E-state index contributed by atoms with van der Waals surface area (Å²) in [5.41, 5.74) is 0.359. The Kier molecular flexibility index (Phi) is 6.97. The number of hydrogen-bond donors (Lipinski definition) is 1. The maximum absolute atomic E-state index is 5.28. The lowest BCUT2D eigenvalue weighted by molar-refractivity contribution is 0.109. The number of methoxy groups -OCH3 is 1. The van der Waals surface area contributed by atoms with Gasteiger partial charge in [-0.2, -0.15) is 0 Å². The van der Waals surface area contributed by atoms with Crippen LogP contribution in [0, 0.1) is 11.3 Å². The van der Waals surface area contributed by atoms with E-state index in [1.165, 1.54) is 64.7 Å². The van der Waals surface area contributed by atoms with Gasteiger partial charge in [0.25, 0.3) is 0 Å². The van der Waals surface area contributed by atoms with Crippen molar-refractivity contribution < 1.29 is 4.74 Å². The Balaban J connectivity index is 1.86. The van der Waals surface area contributed by atoms with Crippen LogP contribution in [0.25, 0.3) is 0 Å². The van der Waals surface area contributed by atoms with Crippen LogP contribution in [-0.4, -0.2) is 50.8 Å². The van der Waals surface area contributed by atoms with Crippen LogP contribution in [0.3, 0.4) is 0 Å². The maximum atomic E-state index is 5.28. The Hall–Kier alpha value is -0.120. The van der Waals surface area contributed by atoms with Gasteiger partial charge in [0.15, 0.2) is 0 Å². The summed E-state index contributed by atoms with van der Waals surface area (Å²) in [6.07, 6.45) is 9.68. The highest BCUT2D eigenvalue weighted by Gasteiger charge is 2.29. The normalized spacial score (nSPS) is 26.7. The van der Waals surface area contributed by atoms with E-state index in [-0.39, 0.29) is 0 Å². The molecule has 0 bridgehead atoms. The molecule has 0 aromatic heterocycles. The van der Waals surface area contributed by atoms with E-state index in [4.69, 9.17) is 4.74 Å². The molecule has 3 nitrogen and oxygen atoms in total. The van der Waals surface area contributed by atoms with E-state index in [1.807, 2.05) is 7.11 Å². The molecule has 0 aromatic rings. The Morgan fingerprint density at radius 3 is 2.62 bits per heavy atom. The van der Waals surface area contributed by atoms with Gasteiger partial charge in [-0.05, 0) is 50.1 Å². The van der Waals surface area contributed by atoms with Gasteiger partial charge in [-0.25, -0.2) is 0 Å². The third-order valence-electron chi connectivity index (χ3n) is 5.37. The van der Waals surface area contributed by atoms with Gasteiger partial charge in [-0.3, -0.25) is 0 Å². The summed E-state index contributed by atoms with van der Waals surface area (Å²) in [7, 11) is 1.81. The van der Waals surface area contributed by atoms with E-state index in [9.17, 15) is 0 Å². The van der Waals surface area contributed by atoms with Crippen molar-refractivity contribution in [3.63, 3.8) is 0 Å². The molecule has 1 saturated carbocycles. The van der Waals surface area contributed by atoms with Crippen molar-refractivity contribution in [2.24, 2.45) is 11.3 Å². The minimum Gasteiger partial charge on any atom is -0.385 e. The predicted molar refractivity (Wildman–Crippen MR) is 89.7 cm³/mol. The summed E-state index contributed by atoms with van der Waals surface area (Å²) in [6.45, 7) is 10.6. The van der Waals surface area contributed by atoms with Crippen LogP contribution >= 0.6 is 0 Å². The van der Waals surface area contributed by atoms with Gasteiger partial charge in [0, 0.05) is 32.8 Å². The molecule has 0 spiro atoms. The fourth-order valence-electron chi connectivity index (χ4n) is 4.08. The van der Waals surface area contributed by atoms with Gasteiger partial charge in [-0.15, -0.1) is 0 Å². The van der Waals surface area contributed by atoms with Crippen LogP contribution in [0.5, 0.6) is 0 Å². The van der Waals surface area contributed by atoms with Crippen molar-refractivity contribution in [1.29, 1.82) is 0 Å². The third-order valence-corrected chi connectivity index (χ3v) is 5.37. The molecular formula is C18H36N2O. The molecule has 2 aliphatic rings. The minimum atomic E-state index is 0.359. The quantitative estimate of drug-likeness (QED) is 0.814. The Bertz CT molecular complexity index is 287. The van der Waals surface area contributed by atoms with E-state index >= 15 is 0 Å². The van der Waals surface area contributed by atoms with E-state index in [0.717, 1.165) is 25.0 Å². The average molecular weight is 296 g/mol. The minimum absolute atomic E-state index is 0.359. The van der Waals surface area contributed by atoms with Crippen LogP contribution in [0.2, 0.25) is 0 Å². The van der Waals surface area contributed by atoms with Crippen molar-refractivity contribution in [3.05, 3.63) is 0 Å². The van der Waals surface area contributed by atoms with E-state index in [1.54, 1.807) is 0 Å². The summed E-state index contributed by atoms with van der Waals surface area (Å²) in [5, 5.41) is 3.84. The molecule has 124 valence electrons. The molecule has 1 saturated heterocycles. The van der Waals surface area contributed by atoms with Crippen LogP contribution in [0.15, 0.2) is 0 Å². The van der Waals surface area contributed by atoms with Gasteiger partial charge in [-0.1, -0.05) is 33.1 Å². The molecule has 0 aromatic carbocycles. The van der Waals surface area contributed by atoms with Gasteiger partial charge >= 0.3 is 0 Å². The summed E-state index contributed by atoms with van der Waals surface area (Å²) < 4.78 is 5.28. The fourth-order valence-corrected chi connectivity index (χ4v) is 4.08. The molecule has 2 fully saturated rings. The number of hydrogen-bond acceptors (Lipinski definition) is 3. The largest absolute Gasteiger partial charge is 0.385 e. The van der Waals surface area contributed by atoms with Gasteiger partial charge in [0.1, 0.15) is 0 Å². The number of rotatable bonds is 6. The molecule has 1 unspecified atom stereocenters. The molecule has 1 aliphatic carbocycles. The fraction of sp³-hybridized carbons (Fsp3) is 1.00. The van der Waals surface area contributed by atoms with E-state index in [0.29, 0.717) is 5.41 Å². The zero-order valence-corrected chi connectivity index (χ0v) is 14.5. The highest BCUT2D eigenvalue weighted by atomic mass is 16.5. The lowest BCUT2D eigenvalue weighted by Crippen LogP contribution is -2.45. The lowest BCUT2D eigenvalue weighted by Gasteiger charge is -2.36. The highest BCUT2D eigenvalue weighted by molar-refractivity contribution is 4.86. The molecule has 0 amide bonds. The lowest BCUT2D eigenvalue weighted by atomic mass is 9.83. The Labute approximate surface area is 131 Å². The first-order chi connectivity index (χ1) is 10.1. The predicted octanol–water partition coefficient (Wildman–Crippen LogP) is 3.29. The molecule has 2 rings (SSSR count). The van der Waals surface area contributed by atoms with Crippen LogP contribution in [0.4, 0.5) is 0 Å². The molecule has 0 radical (unpaired) electrons. The van der Waals surface area contributed by atoms with Crippen molar-refractivity contribution in [2.45, 2.75) is 64.8 Å².